The second kappa shape index (κ2) is 4.61. The minimum Gasteiger partial charge on any atom is -0.382 e. The van der Waals surface area contributed by atoms with Crippen molar-refractivity contribution in [3.05, 3.63) is 47.5 Å². The SMILES string of the molecule is Cc1ccccc1CNc1ccc(N)nn1. The predicted octanol–water partition coefficient (Wildman–Crippen LogP) is 1.98. The van der Waals surface area contributed by atoms with Crippen LogP contribution in [-0.4, -0.2) is 10.2 Å². The summed E-state index contributed by atoms with van der Waals surface area (Å²) in [6.45, 7) is 2.83. The number of nitrogens with one attached hydrogen (secondary N) is 1. The predicted molar refractivity (Wildman–Crippen MR) is 65.0 cm³/mol. The summed E-state index contributed by atoms with van der Waals surface area (Å²) in [4.78, 5) is 0. The van der Waals surface area contributed by atoms with E-state index in [-0.39, 0.29) is 0 Å². The Balaban J connectivity index is 2.02. The van der Waals surface area contributed by atoms with Gasteiger partial charge in [0, 0.05) is 6.54 Å². The van der Waals surface area contributed by atoms with E-state index in [4.69, 9.17) is 5.73 Å². The number of nitrogens with zero attached hydrogens (tertiary/aromatic N) is 2. The highest BCUT2D eigenvalue weighted by molar-refractivity contribution is 5.39. The molecule has 0 saturated heterocycles. The van der Waals surface area contributed by atoms with Crippen molar-refractivity contribution in [2.75, 3.05) is 11.1 Å². The minimum atomic E-state index is 0.432. The van der Waals surface area contributed by atoms with Gasteiger partial charge < -0.3 is 11.1 Å². The first kappa shape index (κ1) is 10.4. The Morgan fingerprint density at radius 2 is 1.94 bits per heavy atom. The van der Waals surface area contributed by atoms with Gasteiger partial charge >= 0.3 is 0 Å². The van der Waals surface area contributed by atoms with Crippen LogP contribution in [0, 0.1) is 6.92 Å². The van der Waals surface area contributed by atoms with Crippen LogP contribution in [0.3, 0.4) is 0 Å². The van der Waals surface area contributed by atoms with Crippen LogP contribution >= 0.6 is 0 Å². The molecule has 82 valence electrons. The van der Waals surface area contributed by atoms with Crippen LogP contribution in [0.2, 0.25) is 0 Å². The van der Waals surface area contributed by atoms with Crippen molar-refractivity contribution in [1.82, 2.24) is 10.2 Å². The zero-order chi connectivity index (χ0) is 11.4. The summed E-state index contributed by atoms with van der Waals surface area (Å²) in [7, 11) is 0. The zero-order valence-electron chi connectivity index (χ0n) is 9.14. The molecular formula is C12H14N4. The minimum absolute atomic E-state index is 0.432. The van der Waals surface area contributed by atoms with E-state index in [1.165, 1.54) is 11.1 Å². The van der Waals surface area contributed by atoms with Gasteiger partial charge in [-0.05, 0) is 30.2 Å². The van der Waals surface area contributed by atoms with E-state index in [0.717, 1.165) is 12.4 Å². The summed E-state index contributed by atoms with van der Waals surface area (Å²) in [5, 5.41) is 10.9. The van der Waals surface area contributed by atoms with Crippen molar-refractivity contribution in [1.29, 1.82) is 0 Å². The fourth-order valence-corrected chi connectivity index (χ4v) is 1.43. The van der Waals surface area contributed by atoms with E-state index in [0.29, 0.717) is 5.82 Å². The molecular weight excluding hydrogens is 200 g/mol. The molecule has 0 aliphatic heterocycles. The van der Waals surface area contributed by atoms with Gasteiger partial charge in [0.15, 0.2) is 0 Å². The summed E-state index contributed by atoms with van der Waals surface area (Å²) >= 11 is 0. The van der Waals surface area contributed by atoms with Crippen molar-refractivity contribution in [3.63, 3.8) is 0 Å². The molecule has 0 radical (unpaired) electrons. The number of aromatic nitrogens is 2. The second-order valence-corrected chi connectivity index (χ2v) is 3.62. The third kappa shape index (κ3) is 2.48. The maximum absolute atomic E-state index is 5.46. The van der Waals surface area contributed by atoms with Gasteiger partial charge in [-0.1, -0.05) is 24.3 Å². The molecule has 0 aliphatic rings. The van der Waals surface area contributed by atoms with Gasteiger partial charge in [-0.15, -0.1) is 10.2 Å². The average Bonchev–Trinajstić information content (AvgIpc) is 2.30. The van der Waals surface area contributed by atoms with Crippen molar-refractivity contribution >= 4 is 11.6 Å². The van der Waals surface area contributed by atoms with E-state index >= 15 is 0 Å². The molecule has 2 aromatic rings. The molecule has 0 atom stereocenters. The Hall–Kier alpha value is -2.10. The third-order valence-corrected chi connectivity index (χ3v) is 2.41. The van der Waals surface area contributed by atoms with Gasteiger partial charge in [0.1, 0.15) is 11.6 Å². The summed E-state index contributed by atoms with van der Waals surface area (Å²) < 4.78 is 0. The molecule has 4 heteroatoms. The number of rotatable bonds is 3. The number of nitrogens with two attached hydrogens (primary N) is 1. The summed E-state index contributed by atoms with van der Waals surface area (Å²) in [5.41, 5.74) is 7.97. The molecule has 0 unspecified atom stereocenters. The topological polar surface area (TPSA) is 63.8 Å². The van der Waals surface area contributed by atoms with Crippen molar-refractivity contribution < 1.29 is 0 Å². The lowest BCUT2D eigenvalue weighted by Gasteiger charge is -2.07. The Labute approximate surface area is 94.5 Å². The molecule has 0 spiro atoms. The van der Waals surface area contributed by atoms with E-state index in [2.05, 4.69) is 34.6 Å². The van der Waals surface area contributed by atoms with Crippen LogP contribution in [0.15, 0.2) is 36.4 Å². The van der Waals surface area contributed by atoms with E-state index in [9.17, 15) is 0 Å². The lowest BCUT2D eigenvalue weighted by atomic mass is 10.1. The van der Waals surface area contributed by atoms with Crippen LogP contribution in [0.1, 0.15) is 11.1 Å². The van der Waals surface area contributed by atoms with Gasteiger partial charge in [-0.3, -0.25) is 0 Å². The number of hydrogen-bond donors (Lipinski definition) is 2. The lowest BCUT2D eigenvalue weighted by Crippen LogP contribution is -2.04. The molecule has 3 N–H and O–H groups in total. The summed E-state index contributed by atoms with van der Waals surface area (Å²) in [6, 6.07) is 11.8. The first-order valence-corrected chi connectivity index (χ1v) is 5.13. The Morgan fingerprint density at radius 3 is 2.62 bits per heavy atom. The molecule has 16 heavy (non-hydrogen) atoms. The quantitative estimate of drug-likeness (QED) is 0.820. The van der Waals surface area contributed by atoms with Crippen LogP contribution < -0.4 is 11.1 Å². The molecule has 0 saturated carbocycles. The third-order valence-electron chi connectivity index (χ3n) is 2.41. The zero-order valence-corrected chi connectivity index (χ0v) is 9.14. The number of hydrogen-bond acceptors (Lipinski definition) is 4. The number of anilines is 2. The van der Waals surface area contributed by atoms with Crippen LogP contribution in [0.25, 0.3) is 0 Å². The standard InChI is InChI=1S/C12H14N4/c1-9-4-2-3-5-10(9)8-14-12-7-6-11(13)15-16-12/h2-7H,8H2,1H3,(H2,13,15)(H,14,16). The Morgan fingerprint density at radius 1 is 1.12 bits per heavy atom. The fourth-order valence-electron chi connectivity index (χ4n) is 1.43. The van der Waals surface area contributed by atoms with Gasteiger partial charge in [-0.2, -0.15) is 0 Å². The molecule has 2 rings (SSSR count). The molecule has 1 aromatic carbocycles. The lowest BCUT2D eigenvalue weighted by molar-refractivity contribution is 1.00. The molecule has 0 aliphatic carbocycles. The normalized spacial score (nSPS) is 10.1. The van der Waals surface area contributed by atoms with E-state index in [1.807, 2.05) is 18.2 Å². The summed E-state index contributed by atoms with van der Waals surface area (Å²) in [5.74, 6) is 1.17. The van der Waals surface area contributed by atoms with E-state index in [1.54, 1.807) is 6.07 Å². The molecule has 4 nitrogen and oxygen atoms in total. The second-order valence-electron chi connectivity index (χ2n) is 3.62. The Kier molecular flexibility index (Phi) is 3.00. The maximum Gasteiger partial charge on any atom is 0.149 e. The van der Waals surface area contributed by atoms with E-state index < -0.39 is 0 Å². The number of nitrogen functional groups attached to an aromatic ring is 1. The van der Waals surface area contributed by atoms with Crippen molar-refractivity contribution in [2.45, 2.75) is 13.5 Å². The monoisotopic (exact) mass is 214 g/mol. The molecule has 0 bridgehead atoms. The summed E-state index contributed by atoms with van der Waals surface area (Å²) in [6.07, 6.45) is 0. The molecule has 0 fully saturated rings. The fraction of sp³-hybridized carbons (Fsp3) is 0.167. The van der Waals surface area contributed by atoms with Gasteiger partial charge in [0.05, 0.1) is 0 Å². The highest BCUT2D eigenvalue weighted by Crippen LogP contribution is 2.10. The van der Waals surface area contributed by atoms with Crippen molar-refractivity contribution in [3.8, 4) is 0 Å². The Bertz CT molecular complexity index is 465. The van der Waals surface area contributed by atoms with Crippen molar-refractivity contribution in [2.24, 2.45) is 0 Å². The maximum atomic E-state index is 5.46. The van der Waals surface area contributed by atoms with Crippen LogP contribution in [0.5, 0.6) is 0 Å². The molecule has 1 aromatic heterocycles. The largest absolute Gasteiger partial charge is 0.382 e. The highest BCUT2D eigenvalue weighted by atomic mass is 15.2. The van der Waals surface area contributed by atoms with Crippen LogP contribution in [0.4, 0.5) is 11.6 Å². The molecule has 1 heterocycles. The highest BCUT2D eigenvalue weighted by Gasteiger charge is 1.98. The van der Waals surface area contributed by atoms with Gasteiger partial charge in [-0.25, -0.2) is 0 Å². The molecule has 0 amide bonds. The first-order chi connectivity index (χ1) is 7.75. The van der Waals surface area contributed by atoms with Gasteiger partial charge in [0.25, 0.3) is 0 Å². The smallest absolute Gasteiger partial charge is 0.149 e. The first-order valence-electron chi connectivity index (χ1n) is 5.13. The average molecular weight is 214 g/mol. The van der Waals surface area contributed by atoms with Crippen LogP contribution in [-0.2, 0) is 6.54 Å². The number of aryl methyl sites for hydroxylation is 1. The number of benzene rings is 1. The van der Waals surface area contributed by atoms with Gasteiger partial charge in [0.2, 0.25) is 0 Å².